The molecule has 1 fully saturated rings. The molecule has 1 heterocycles. The van der Waals surface area contributed by atoms with Crippen LogP contribution in [0.15, 0.2) is 12.7 Å². The summed E-state index contributed by atoms with van der Waals surface area (Å²) in [5.41, 5.74) is 0. The van der Waals surface area contributed by atoms with Crippen LogP contribution in [0, 0.1) is 0 Å². The molecular weight excluding hydrogens is 276 g/mol. The van der Waals surface area contributed by atoms with E-state index in [0.29, 0.717) is 6.42 Å². The number of rotatable bonds is 13. The van der Waals surface area contributed by atoms with Gasteiger partial charge in [-0.05, 0) is 25.7 Å². The zero-order valence-corrected chi connectivity index (χ0v) is 14.4. The minimum absolute atomic E-state index is 0.0647. The van der Waals surface area contributed by atoms with Gasteiger partial charge >= 0.3 is 0 Å². The first-order valence-electron chi connectivity index (χ1n) is 9.31. The number of aliphatic hydroxyl groups excluding tert-OH is 2. The molecule has 1 aliphatic rings. The van der Waals surface area contributed by atoms with Crippen molar-refractivity contribution in [3.8, 4) is 0 Å². The van der Waals surface area contributed by atoms with E-state index in [0.717, 1.165) is 32.1 Å². The van der Waals surface area contributed by atoms with Crippen molar-refractivity contribution in [2.75, 3.05) is 0 Å². The lowest BCUT2D eigenvalue weighted by atomic mass is 10.0. The van der Waals surface area contributed by atoms with Crippen molar-refractivity contribution in [2.24, 2.45) is 0 Å². The zero-order chi connectivity index (χ0) is 16.2. The van der Waals surface area contributed by atoms with Crippen LogP contribution in [0.4, 0.5) is 0 Å². The summed E-state index contributed by atoms with van der Waals surface area (Å²) in [6.07, 6.45) is 13.7. The number of unbranched alkanes of at least 4 members (excludes halogenated alkanes) is 7. The van der Waals surface area contributed by atoms with Crippen LogP contribution >= 0.6 is 0 Å². The second-order valence-corrected chi connectivity index (χ2v) is 6.71. The summed E-state index contributed by atoms with van der Waals surface area (Å²) in [7, 11) is 0. The molecule has 0 amide bonds. The summed E-state index contributed by atoms with van der Waals surface area (Å²) in [6, 6.07) is 0. The smallest absolute Gasteiger partial charge is 0.0864 e. The molecular formula is C19H36O3. The molecule has 0 saturated carbocycles. The molecule has 130 valence electrons. The number of aliphatic hydroxyl groups is 2. The molecule has 0 aromatic heterocycles. The quantitative estimate of drug-likeness (QED) is 0.392. The molecule has 0 unspecified atom stereocenters. The zero-order valence-electron chi connectivity index (χ0n) is 14.4. The maximum Gasteiger partial charge on any atom is 0.0864 e. The van der Waals surface area contributed by atoms with Gasteiger partial charge < -0.3 is 14.9 Å². The summed E-state index contributed by atoms with van der Waals surface area (Å²) in [5.74, 6) is 0. The van der Waals surface area contributed by atoms with Crippen LogP contribution in [0.2, 0.25) is 0 Å². The molecule has 3 nitrogen and oxygen atoms in total. The van der Waals surface area contributed by atoms with Gasteiger partial charge in [-0.1, -0.05) is 57.9 Å². The summed E-state index contributed by atoms with van der Waals surface area (Å²) in [4.78, 5) is 0. The third-order valence-electron chi connectivity index (χ3n) is 4.68. The Morgan fingerprint density at radius 3 is 2.59 bits per heavy atom. The van der Waals surface area contributed by atoms with Crippen LogP contribution in [-0.2, 0) is 4.74 Å². The van der Waals surface area contributed by atoms with Gasteiger partial charge in [0, 0.05) is 6.42 Å². The van der Waals surface area contributed by atoms with Crippen molar-refractivity contribution in [3.05, 3.63) is 12.7 Å². The number of hydrogen-bond acceptors (Lipinski definition) is 3. The standard InChI is InChI=1S/C19H36O3/c1-3-5-7-8-9-10-12-13-16(20)19-15-17(21)18(22-19)14-11-6-4-2/h3,16-21H,1,4-15H2,2H3/t16-,17-,18-,19-/m0/s1. The second-order valence-electron chi connectivity index (χ2n) is 6.71. The predicted octanol–water partition coefficient (Wildman–Crippen LogP) is 4.36. The predicted molar refractivity (Wildman–Crippen MR) is 91.9 cm³/mol. The molecule has 0 aromatic carbocycles. The Balaban J connectivity index is 2.10. The molecule has 1 saturated heterocycles. The molecule has 1 rings (SSSR count). The minimum Gasteiger partial charge on any atom is -0.390 e. The van der Waals surface area contributed by atoms with E-state index in [1.807, 2.05) is 6.08 Å². The van der Waals surface area contributed by atoms with Crippen LogP contribution in [-0.4, -0.2) is 34.6 Å². The van der Waals surface area contributed by atoms with E-state index < -0.39 is 12.2 Å². The van der Waals surface area contributed by atoms with Gasteiger partial charge in [-0.3, -0.25) is 0 Å². The van der Waals surface area contributed by atoms with E-state index in [1.165, 1.54) is 38.5 Å². The van der Waals surface area contributed by atoms with Gasteiger partial charge in [-0.15, -0.1) is 6.58 Å². The van der Waals surface area contributed by atoms with Crippen LogP contribution in [0.25, 0.3) is 0 Å². The SMILES string of the molecule is C=CCCCCCCC[C@H](O)[C@@H]1C[C@H](O)[C@H](CCCCC)O1. The molecule has 0 radical (unpaired) electrons. The first-order chi connectivity index (χ1) is 10.7. The van der Waals surface area contributed by atoms with E-state index in [4.69, 9.17) is 4.74 Å². The second kappa shape index (κ2) is 12.1. The summed E-state index contributed by atoms with van der Waals surface area (Å²) < 4.78 is 5.88. The monoisotopic (exact) mass is 312 g/mol. The first kappa shape index (κ1) is 19.7. The molecule has 22 heavy (non-hydrogen) atoms. The Hall–Kier alpha value is -0.380. The average Bonchev–Trinajstić information content (AvgIpc) is 2.88. The molecule has 2 N–H and O–H groups in total. The van der Waals surface area contributed by atoms with Gasteiger partial charge in [0.1, 0.15) is 0 Å². The van der Waals surface area contributed by atoms with Crippen molar-refractivity contribution in [1.82, 2.24) is 0 Å². The molecule has 0 spiro atoms. The van der Waals surface area contributed by atoms with Gasteiger partial charge in [0.05, 0.1) is 24.4 Å². The molecule has 3 heteroatoms. The maximum absolute atomic E-state index is 10.2. The lowest BCUT2D eigenvalue weighted by Gasteiger charge is -2.19. The molecule has 4 atom stereocenters. The number of hydrogen-bond donors (Lipinski definition) is 2. The Kier molecular flexibility index (Phi) is 10.8. The maximum atomic E-state index is 10.2. The van der Waals surface area contributed by atoms with E-state index >= 15 is 0 Å². The largest absolute Gasteiger partial charge is 0.390 e. The Bertz CT molecular complexity index is 280. The topological polar surface area (TPSA) is 49.7 Å². The highest BCUT2D eigenvalue weighted by Gasteiger charge is 2.36. The van der Waals surface area contributed by atoms with Crippen molar-refractivity contribution < 1.29 is 14.9 Å². The average molecular weight is 312 g/mol. The highest BCUT2D eigenvalue weighted by molar-refractivity contribution is 4.85. The first-order valence-corrected chi connectivity index (χ1v) is 9.31. The lowest BCUT2D eigenvalue weighted by molar-refractivity contribution is -0.0498. The van der Waals surface area contributed by atoms with Crippen LogP contribution < -0.4 is 0 Å². The fraction of sp³-hybridized carbons (Fsp3) is 0.895. The van der Waals surface area contributed by atoms with Gasteiger partial charge in [0.2, 0.25) is 0 Å². The molecule has 0 bridgehead atoms. The van der Waals surface area contributed by atoms with Gasteiger partial charge in [0.25, 0.3) is 0 Å². The van der Waals surface area contributed by atoms with Crippen LogP contribution in [0.5, 0.6) is 0 Å². The normalized spacial score (nSPS) is 26.2. The lowest BCUT2D eigenvalue weighted by Crippen LogP contribution is -2.26. The van der Waals surface area contributed by atoms with Crippen molar-refractivity contribution in [3.63, 3.8) is 0 Å². The highest BCUT2D eigenvalue weighted by atomic mass is 16.5. The van der Waals surface area contributed by atoms with Crippen LogP contribution in [0.1, 0.15) is 84.0 Å². The van der Waals surface area contributed by atoms with Gasteiger partial charge in [-0.25, -0.2) is 0 Å². The Morgan fingerprint density at radius 1 is 1.14 bits per heavy atom. The number of ether oxygens (including phenoxy) is 1. The van der Waals surface area contributed by atoms with E-state index in [1.54, 1.807) is 0 Å². The van der Waals surface area contributed by atoms with Gasteiger partial charge in [0.15, 0.2) is 0 Å². The van der Waals surface area contributed by atoms with Crippen molar-refractivity contribution in [1.29, 1.82) is 0 Å². The Labute approximate surface area is 136 Å². The van der Waals surface area contributed by atoms with Crippen molar-refractivity contribution in [2.45, 2.75) is 108 Å². The highest BCUT2D eigenvalue weighted by Crippen LogP contribution is 2.28. The van der Waals surface area contributed by atoms with E-state index in [-0.39, 0.29) is 12.2 Å². The Morgan fingerprint density at radius 2 is 1.86 bits per heavy atom. The van der Waals surface area contributed by atoms with Gasteiger partial charge in [-0.2, -0.15) is 0 Å². The van der Waals surface area contributed by atoms with Crippen LogP contribution in [0.3, 0.4) is 0 Å². The molecule has 1 aliphatic heterocycles. The van der Waals surface area contributed by atoms with Crippen molar-refractivity contribution >= 4 is 0 Å². The number of allylic oxidation sites excluding steroid dienone is 1. The fourth-order valence-electron chi connectivity index (χ4n) is 3.22. The third kappa shape index (κ3) is 7.75. The summed E-state index contributed by atoms with van der Waals surface area (Å²) in [6.45, 7) is 5.91. The summed E-state index contributed by atoms with van der Waals surface area (Å²) in [5, 5.41) is 20.3. The van der Waals surface area contributed by atoms with E-state index in [9.17, 15) is 10.2 Å². The molecule has 0 aromatic rings. The van der Waals surface area contributed by atoms with E-state index in [2.05, 4.69) is 13.5 Å². The third-order valence-corrected chi connectivity index (χ3v) is 4.68. The fourth-order valence-corrected chi connectivity index (χ4v) is 3.22. The minimum atomic E-state index is -0.418. The summed E-state index contributed by atoms with van der Waals surface area (Å²) >= 11 is 0. The molecule has 0 aliphatic carbocycles.